The zero-order valence-corrected chi connectivity index (χ0v) is 22.3. The van der Waals surface area contributed by atoms with Crippen LogP contribution in [0.4, 0.5) is 0 Å². The quantitative estimate of drug-likeness (QED) is 0.121. The minimum Gasteiger partial charge on any atom is -0.508 e. The van der Waals surface area contributed by atoms with Gasteiger partial charge in [0.1, 0.15) is 35.9 Å². The fourth-order valence-electron chi connectivity index (χ4n) is 5.07. The molecular formula is C30H30O12. The van der Waals surface area contributed by atoms with Crippen molar-refractivity contribution in [2.75, 3.05) is 13.7 Å². The molecule has 12 nitrogen and oxygen atoms in total. The van der Waals surface area contributed by atoms with E-state index in [1.807, 2.05) is 0 Å². The lowest BCUT2D eigenvalue weighted by Crippen LogP contribution is -2.60. The highest BCUT2D eigenvalue weighted by atomic mass is 16.7. The van der Waals surface area contributed by atoms with Crippen LogP contribution in [-0.4, -0.2) is 86.1 Å². The lowest BCUT2D eigenvalue weighted by Gasteiger charge is -2.40. The van der Waals surface area contributed by atoms with Crippen molar-refractivity contribution in [2.24, 2.45) is 0 Å². The number of methoxy groups -OCH3 is 1. The number of ether oxygens (including phenoxy) is 4. The maximum Gasteiger partial charge on any atom is 0.312 e. The van der Waals surface area contributed by atoms with Crippen LogP contribution < -0.4 is 14.2 Å². The second-order valence-electron chi connectivity index (χ2n) is 9.95. The number of carbonyl (C=O) groups is 1. The van der Waals surface area contributed by atoms with Gasteiger partial charge in [-0.2, -0.15) is 0 Å². The molecule has 0 unspecified atom stereocenters. The summed E-state index contributed by atoms with van der Waals surface area (Å²) in [7, 11) is 1.39. The fourth-order valence-corrected chi connectivity index (χ4v) is 5.07. The van der Waals surface area contributed by atoms with Gasteiger partial charge in [-0.15, -0.1) is 0 Å². The third-order valence-electron chi connectivity index (χ3n) is 7.27. The molecule has 0 radical (unpaired) electrons. The number of aliphatic hydroxyl groups excluding tert-OH is 4. The van der Waals surface area contributed by atoms with E-state index >= 15 is 0 Å². The van der Waals surface area contributed by atoms with Crippen molar-refractivity contribution in [3.8, 4) is 34.5 Å². The Balaban J connectivity index is 1.67. The summed E-state index contributed by atoms with van der Waals surface area (Å²) in [5.74, 6) is -1.79. The molecule has 0 aliphatic carbocycles. The second-order valence-corrected chi connectivity index (χ2v) is 9.95. The van der Waals surface area contributed by atoms with Gasteiger partial charge in [-0.1, -0.05) is 30.4 Å². The average molecular weight is 583 g/mol. The Labute approximate surface area is 239 Å². The molecule has 1 fully saturated rings. The van der Waals surface area contributed by atoms with Gasteiger partial charge in [0.25, 0.3) is 0 Å². The third-order valence-corrected chi connectivity index (χ3v) is 7.27. The molecular weight excluding hydrogens is 552 g/mol. The summed E-state index contributed by atoms with van der Waals surface area (Å²) < 4.78 is 22.2. The van der Waals surface area contributed by atoms with Crippen LogP contribution in [0.5, 0.6) is 34.5 Å². The summed E-state index contributed by atoms with van der Waals surface area (Å²) in [5, 5.41) is 71.6. The Morgan fingerprint density at radius 1 is 0.929 bits per heavy atom. The number of rotatable bonds is 7. The number of aliphatic hydroxyl groups is 4. The minimum absolute atomic E-state index is 0.0345. The first-order valence-electron chi connectivity index (χ1n) is 13.0. The lowest BCUT2D eigenvalue weighted by atomic mass is 9.82. The van der Waals surface area contributed by atoms with E-state index in [1.54, 1.807) is 36.4 Å². The molecule has 42 heavy (non-hydrogen) atoms. The van der Waals surface area contributed by atoms with E-state index in [4.69, 9.17) is 18.9 Å². The van der Waals surface area contributed by atoms with E-state index in [2.05, 4.69) is 0 Å². The van der Waals surface area contributed by atoms with Gasteiger partial charge >= 0.3 is 5.97 Å². The van der Waals surface area contributed by atoms with Crippen LogP contribution in [0.2, 0.25) is 0 Å². The molecule has 6 atom stereocenters. The van der Waals surface area contributed by atoms with E-state index in [-0.39, 0.29) is 40.7 Å². The van der Waals surface area contributed by atoms with Crippen LogP contribution in [-0.2, 0) is 9.53 Å². The summed E-state index contributed by atoms with van der Waals surface area (Å²) in [5.41, 5.74) is 1.86. The average Bonchev–Trinajstić information content (AvgIpc) is 2.97. The van der Waals surface area contributed by atoms with Crippen molar-refractivity contribution < 1.29 is 59.5 Å². The molecule has 2 heterocycles. The zero-order chi connectivity index (χ0) is 30.1. The topological polar surface area (TPSA) is 196 Å². The normalized spacial score (nSPS) is 25.6. The Kier molecular flexibility index (Phi) is 8.25. The smallest absolute Gasteiger partial charge is 0.312 e. The number of carbonyl (C=O) groups excluding carboxylic acids is 1. The zero-order valence-electron chi connectivity index (χ0n) is 22.3. The van der Waals surface area contributed by atoms with Crippen molar-refractivity contribution >= 4 is 18.1 Å². The van der Waals surface area contributed by atoms with Crippen molar-refractivity contribution in [1.29, 1.82) is 0 Å². The summed E-state index contributed by atoms with van der Waals surface area (Å²) in [6.45, 7) is -0.685. The van der Waals surface area contributed by atoms with Crippen LogP contribution >= 0.6 is 0 Å². The monoisotopic (exact) mass is 582 g/mol. The highest BCUT2D eigenvalue weighted by Crippen LogP contribution is 2.50. The fraction of sp³-hybridized carbons (Fsp3) is 0.300. The molecule has 5 rings (SSSR count). The molecule has 0 spiro atoms. The van der Waals surface area contributed by atoms with Crippen molar-refractivity contribution in [3.05, 3.63) is 70.8 Å². The van der Waals surface area contributed by atoms with Gasteiger partial charge in [0.05, 0.1) is 20.1 Å². The van der Waals surface area contributed by atoms with Crippen molar-refractivity contribution in [2.45, 2.75) is 43.0 Å². The van der Waals surface area contributed by atoms with Crippen LogP contribution in [0.25, 0.3) is 12.2 Å². The standard InChI is InChI=1S/C30H30O12/c1-39-21-10-15(5-9-19(21)33)18-11-24(35)40-22-12-20(34)29(42-30-28(38)27(37)26(36)23(13-31)41-30)17(25(18)22)8-4-14-2-6-16(32)7-3-14/h2-10,12,18,23,26-28,30-34,36-38H,11,13H2,1H3/b8-4+/t18-,23+,26+,27-,28+,30-/m0/s1. The highest BCUT2D eigenvalue weighted by Gasteiger charge is 2.45. The number of fused-ring (bicyclic) bond motifs is 1. The molecule has 0 bridgehead atoms. The van der Waals surface area contributed by atoms with Gasteiger partial charge in [0.15, 0.2) is 23.0 Å². The molecule has 0 amide bonds. The van der Waals surface area contributed by atoms with E-state index in [0.29, 0.717) is 16.7 Å². The molecule has 3 aromatic carbocycles. The number of aromatic hydroxyl groups is 3. The number of benzene rings is 3. The predicted octanol–water partition coefficient (Wildman–Crippen LogP) is 1.60. The molecule has 12 heteroatoms. The molecule has 3 aromatic rings. The van der Waals surface area contributed by atoms with Gasteiger partial charge in [-0.05, 0) is 35.4 Å². The molecule has 222 valence electrons. The van der Waals surface area contributed by atoms with E-state index in [1.165, 1.54) is 31.4 Å². The number of hydrogen-bond donors (Lipinski definition) is 7. The van der Waals surface area contributed by atoms with Crippen LogP contribution in [0.3, 0.4) is 0 Å². The third kappa shape index (κ3) is 5.58. The lowest BCUT2D eigenvalue weighted by molar-refractivity contribution is -0.277. The number of phenolic OH excluding ortho intramolecular Hbond substituents is 3. The van der Waals surface area contributed by atoms with E-state index in [0.717, 1.165) is 0 Å². The first-order chi connectivity index (χ1) is 20.1. The molecule has 2 aliphatic heterocycles. The molecule has 2 aliphatic rings. The van der Waals surface area contributed by atoms with Crippen LogP contribution in [0.1, 0.15) is 34.6 Å². The van der Waals surface area contributed by atoms with Crippen molar-refractivity contribution in [1.82, 2.24) is 0 Å². The maximum atomic E-state index is 12.7. The molecule has 0 aromatic heterocycles. The number of esters is 1. The largest absolute Gasteiger partial charge is 0.508 e. The van der Waals surface area contributed by atoms with Crippen molar-refractivity contribution in [3.63, 3.8) is 0 Å². The maximum absolute atomic E-state index is 12.7. The SMILES string of the molecule is COc1cc([C@@H]2CC(=O)Oc3cc(O)c(O[C@@H]4O[C@H](CO)[C@@H](O)[C@H](O)[C@H]4O)c(/C=C/c4ccc(O)cc4)c32)ccc1O. The Hall–Kier alpha value is -4.33. The summed E-state index contributed by atoms with van der Waals surface area (Å²) in [6, 6.07) is 12.0. The molecule has 1 saturated heterocycles. The molecule has 7 N–H and O–H groups in total. The van der Waals surface area contributed by atoms with Gasteiger partial charge in [-0.25, -0.2) is 0 Å². The van der Waals surface area contributed by atoms with Gasteiger partial charge in [0.2, 0.25) is 6.29 Å². The van der Waals surface area contributed by atoms with Gasteiger partial charge in [0, 0.05) is 23.1 Å². The summed E-state index contributed by atoms with van der Waals surface area (Å²) >= 11 is 0. The first-order valence-corrected chi connectivity index (χ1v) is 13.0. The minimum atomic E-state index is -1.76. The summed E-state index contributed by atoms with van der Waals surface area (Å²) in [4.78, 5) is 12.7. The Morgan fingerprint density at radius 3 is 2.36 bits per heavy atom. The first kappa shape index (κ1) is 29.2. The number of phenols is 3. The van der Waals surface area contributed by atoms with Crippen LogP contribution in [0.15, 0.2) is 48.5 Å². The Bertz CT molecular complexity index is 1480. The number of hydrogen-bond acceptors (Lipinski definition) is 12. The van der Waals surface area contributed by atoms with Gasteiger partial charge in [-0.3, -0.25) is 4.79 Å². The Morgan fingerprint density at radius 2 is 1.67 bits per heavy atom. The van der Waals surface area contributed by atoms with E-state index in [9.17, 15) is 40.5 Å². The van der Waals surface area contributed by atoms with Crippen LogP contribution in [0, 0.1) is 0 Å². The summed E-state index contributed by atoms with van der Waals surface area (Å²) in [6.07, 6.45) is -4.88. The molecule has 0 saturated carbocycles. The van der Waals surface area contributed by atoms with Gasteiger partial charge < -0.3 is 54.7 Å². The second kappa shape index (κ2) is 11.9. The van der Waals surface area contributed by atoms with E-state index < -0.39 is 54.9 Å². The highest BCUT2D eigenvalue weighted by molar-refractivity contribution is 5.84. The predicted molar refractivity (Wildman–Crippen MR) is 146 cm³/mol.